The van der Waals surface area contributed by atoms with Crippen molar-refractivity contribution in [1.29, 1.82) is 0 Å². The molecular weight excluding hydrogens is 355 g/mol. The van der Waals surface area contributed by atoms with Gasteiger partial charge >= 0.3 is 0 Å². The molecule has 0 aliphatic rings. The second-order valence-electron chi connectivity index (χ2n) is 4.94. The van der Waals surface area contributed by atoms with Crippen LogP contribution >= 0.6 is 27.5 Å². The van der Waals surface area contributed by atoms with E-state index in [0.717, 1.165) is 26.5 Å². The zero-order chi connectivity index (χ0) is 15.1. The molecule has 2 aromatic carbocycles. The molecule has 0 radical (unpaired) electrons. The summed E-state index contributed by atoms with van der Waals surface area (Å²) in [6.45, 7) is 3.87. The number of aryl methyl sites for hydroxylation is 2. The summed E-state index contributed by atoms with van der Waals surface area (Å²) in [7, 11) is 0. The minimum atomic E-state index is -0.321. The van der Waals surface area contributed by atoms with Crippen molar-refractivity contribution in [3.8, 4) is 11.4 Å². The van der Waals surface area contributed by atoms with Crippen LogP contribution in [-0.4, -0.2) is 9.97 Å². The van der Waals surface area contributed by atoms with Crippen LogP contribution in [0.1, 0.15) is 11.1 Å². The summed E-state index contributed by atoms with van der Waals surface area (Å²) in [5.41, 5.74) is 3.33. The molecule has 0 saturated heterocycles. The molecule has 0 amide bonds. The lowest BCUT2D eigenvalue weighted by Crippen LogP contribution is -1.95. The van der Waals surface area contributed by atoms with Crippen LogP contribution in [-0.2, 0) is 0 Å². The van der Waals surface area contributed by atoms with E-state index in [1.54, 1.807) is 6.07 Å². The van der Waals surface area contributed by atoms with Gasteiger partial charge < -0.3 is 0 Å². The van der Waals surface area contributed by atoms with Gasteiger partial charge in [0.15, 0.2) is 5.82 Å². The summed E-state index contributed by atoms with van der Waals surface area (Å²) in [5.74, 6) is 0.104. The second-order valence-corrected chi connectivity index (χ2v) is 6.15. The Morgan fingerprint density at radius 1 is 1.10 bits per heavy atom. The standard InChI is InChI=1S/C16H11BrClFN2/c1-8-5-12-14(13(17)6-8)20-16(21-15(12)18)11-7-10(19)4-3-9(11)2/h3-7H,1-2H3. The lowest BCUT2D eigenvalue weighted by Gasteiger charge is -2.09. The van der Waals surface area contributed by atoms with E-state index in [-0.39, 0.29) is 5.82 Å². The van der Waals surface area contributed by atoms with Crippen LogP contribution in [0.15, 0.2) is 34.8 Å². The third-order valence-electron chi connectivity index (χ3n) is 3.29. The third-order valence-corrected chi connectivity index (χ3v) is 4.18. The summed E-state index contributed by atoms with van der Waals surface area (Å²) in [6, 6.07) is 8.45. The molecule has 0 unspecified atom stereocenters. The lowest BCUT2D eigenvalue weighted by molar-refractivity contribution is 0.628. The second kappa shape index (κ2) is 5.35. The fraction of sp³-hybridized carbons (Fsp3) is 0.125. The molecule has 3 aromatic rings. The van der Waals surface area contributed by atoms with Crippen molar-refractivity contribution in [2.45, 2.75) is 13.8 Å². The maximum Gasteiger partial charge on any atom is 0.161 e. The Morgan fingerprint density at radius 3 is 2.62 bits per heavy atom. The van der Waals surface area contributed by atoms with E-state index in [2.05, 4.69) is 25.9 Å². The van der Waals surface area contributed by atoms with E-state index in [4.69, 9.17) is 11.6 Å². The molecule has 0 bridgehead atoms. The van der Waals surface area contributed by atoms with E-state index in [9.17, 15) is 4.39 Å². The Kier molecular flexibility index (Phi) is 3.68. The number of hydrogen-bond donors (Lipinski definition) is 0. The molecule has 0 saturated carbocycles. The van der Waals surface area contributed by atoms with Crippen LogP contribution in [0.5, 0.6) is 0 Å². The highest BCUT2D eigenvalue weighted by Gasteiger charge is 2.13. The van der Waals surface area contributed by atoms with Crippen LogP contribution in [0, 0.1) is 19.7 Å². The number of hydrogen-bond acceptors (Lipinski definition) is 2. The number of halogens is 3. The van der Waals surface area contributed by atoms with Gasteiger partial charge in [0.05, 0.1) is 5.52 Å². The van der Waals surface area contributed by atoms with Gasteiger partial charge in [0.2, 0.25) is 0 Å². The van der Waals surface area contributed by atoms with Crippen molar-refractivity contribution in [2.24, 2.45) is 0 Å². The van der Waals surface area contributed by atoms with Gasteiger partial charge in [-0.25, -0.2) is 14.4 Å². The van der Waals surface area contributed by atoms with Gasteiger partial charge in [-0.1, -0.05) is 17.7 Å². The molecule has 1 aromatic heterocycles. The third kappa shape index (κ3) is 2.65. The normalized spacial score (nSPS) is 11.1. The van der Waals surface area contributed by atoms with Crippen LogP contribution in [0.4, 0.5) is 4.39 Å². The smallest absolute Gasteiger partial charge is 0.161 e. The van der Waals surface area contributed by atoms with E-state index in [1.807, 2.05) is 26.0 Å². The Hall–Kier alpha value is -1.52. The first-order valence-corrected chi connectivity index (χ1v) is 7.53. The van der Waals surface area contributed by atoms with Crippen LogP contribution < -0.4 is 0 Å². The van der Waals surface area contributed by atoms with Crippen molar-refractivity contribution in [3.63, 3.8) is 0 Å². The Morgan fingerprint density at radius 2 is 1.86 bits per heavy atom. The molecule has 0 fully saturated rings. The van der Waals surface area contributed by atoms with Gasteiger partial charge in [0.25, 0.3) is 0 Å². The SMILES string of the molecule is Cc1cc(Br)c2nc(-c3cc(F)ccc3C)nc(Cl)c2c1. The molecule has 106 valence electrons. The molecule has 0 atom stereocenters. The average molecular weight is 366 g/mol. The molecule has 0 aliphatic heterocycles. The number of nitrogens with zero attached hydrogens (tertiary/aromatic N) is 2. The first kappa shape index (κ1) is 14.4. The number of rotatable bonds is 1. The zero-order valence-corrected chi connectivity index (χ0v) is 13.8. The van der Waals surface area contributed by atoms with Crippen molar-refractivity contribution in [2.75, 3.05) is 0 Å². The average Bonchev–Trinajstić information content (AvgIpc) is 2.42. The minimum Gasteiger partial charge on any atom is -0.227 e. The zero-order valence-electron chi connectivity index (χ0n) is 11.4. The highest BCUT2D eigenvalue weighted by atomic mass is 79.9. The Labute approximate surface area is 135 Å². The highest BCUT2D eigenvalue weighted by molar-refractivity contribution is 9.10. The van der Waals surface area contributed by atoms with E-state index < -0.39 is 0 Å². The molecule has 1 heterocycles. The molecule has 5 heteroatoms. The summed E-state index contributed by atoms with van der Waals surface area (Å²) in [6.07, 6.45) is 0. The summed E-state index contributed by atoms with van der Waals surface area (Å²) in [4.78, 5) is 8.86. The number of fused-ring (bicyclic) bond motifs is 1. The van der Waals surface area contributed by atoms with Gasteiger partial charge in [0, 0.05) is 15.4 Å². The van der Waals surface area contributed by atoms with Crippen LogP contribution in [0.25, 0.3) is 22.3 Å². The summed E-state index contributed by atoms with van der Waals surface area (Å²) in [5, 5.41) is 1.14. The van der Waals surface area contributed by atoms with Gasteiger partial charge in [0.1, 0.15) is 11.0 Å². The largest absolute Gasteiger partial charge is 0.227 e. The van der Waals surface area contributed by atoms with Crippen molar-refractivity contribution >= 4 is 38.4 Å². The van der Waals surface area contributed by atoms with Gasteiger partial charge in [-0.2, -0.15) is 0 Å². The molecule has 0 spiro atoms. The van der Waals surface area contributed by atoms with Crippen LogP contribution in [0.3, 0.4) is 0 Å². The maximum absolute atomic E-state index is 13.5. The molecule has 2 nitrogen and oxygen atoms in total. The van der Waals surface area contributed by atoms with E-state index >= 15 is 0 Å². The van der Waals surface area contributed by atoms with E-state index in [1.165, 1.54) is 12.1 Å². The quantitative estimate of drug-likeness (QED) is 0.534. The van der Waals surface area contributed by atoms with Crippen molar-refractivity contribution < 1.29 is 4.39 Å². The molecular formula is C16H11BrClFN2. The molecule has 0 aliphatic carbocycles. The number of aromatic nitrogens is 2. The summed E-state index contributed by atoms with van der Waals surface area (Å²) >= 11 is 9.78. The van der Waals surface area contributed by atoms with Crippen molar-refractivity contribution in [1.82, 2.24) is 9.97 Å². The first-order chi connectivity index (χ1) is 9.95. The summed E-state index contributed by atoms with van der Waals surface area (Å²) < 4.78 is 14.3. The Balaban J connectivity index is 2.33. The molecule has 21 heavy (non-hydrogen) atoms. The lowest BCUT2D eigenvalue weighted by atomic mass is 10.1. The fourth-order valence-corrected chi connectivity index (χ4v) is 3.13. The maximum atomic E-state index is 13.5. The minimum absolute atomic E-state index is 0.321. The van der Waals surface area contributed by atoms with Gasteiger partial charge in [-0.3, -0.25) is 0 Å². The fourth-order valence-electron chi connectivity index (χ4n) is 2.25. The van der Waals surface area contributed by atoms with Crippen molar-refractivity contribution in [3.05, 3.63) is 56.9 Å². The van der Waals surface area contributed by atoms with Gasteiger partial charge in [-0.15, -0.1) is 0 Å². The number of benzene rings is 2. The highest BCUT2D eigenvalue weighted by Crippen LogP contribution is 2.31. The predicted octanol–water partition coefficient (Wildman–Crippen LogP) is 5.47. The topological polar surface area (TPSA) is 25.8 Å². The predicted molar refractivity (Wildman–Crippen MR) is 87.1 cm³/mol. The monoisotopic (exact) mass is 364 g/mol. The molecule has 3 rings (SSSR count). The van der Waals surface area contributed by atoms with E-state index in [0.29, 0.717) is 16.5 Å². The molecule has 0 N–H and O–H groups in total. The Bertz CT molecular complexity index is 865. The first-order valence-electron chi connectivity index (χ1n) is 6.35. The van der Waals surface area contributed by atoms with Crippen LogP contribution in [0.2, 0.25) is 5.15 Å². The van der Waals surface area contributed by atoms with Gasteiger partial charge in [-0.05, 0) is 65.2 Å².